The van der Waals surface area contributed by atoms with E-state index in [0.29, 0.717) is 21.9 Å². The van der Waals surface area contributed by atoms with Crippen LogP contribution in [0.3, 0.4) is 0 Å². The summed E-state index contributed by atoms with van der Waals surface area (Å²) in [4.78, 5) is 34.8. The second-order valence-electron chi connectivity index (χ2n) is 7.13. The van der Waals surface area contributed by atoms with Crippen molar-refractivity contribution >= 4 is 34.3 Å². The summed E-state index contributed by atoms with van der Waals surface area (Å²) in [5.41, 5.74) is 3.33. The second-order valence-corrected chi connectivity index (χ2v) is 8.08. The van der Waals surface area contributed by atoms with Crippen LogP contribution in [-0.2, 0) is 11.2 Å². The number of anilines is 1. The summed E-state index contributed by atoms with van der Waals surface area (Å²) in [6, 6.07) is 18.6. The molecule has 1 amide bonds. The van der Waals surface area contributed by atoms with Crippen LogP contribution in [0, 0.1) is 6.92 Å². The van der Waals surface area contributed by atoms with Crippen LogP contribution in [0.5, 0.6) is 0 Å². The number of benzene rings is 2. The van der Waals surface area contributed by atoms with Gasteiger partial charge in [-0.1, -0.05) is 49.0 Å². The van der Waals surface area contributed by atoms with Crippen LogP contribution in [-0.4, -0.2) is 26.2 Å². The van der Waals surface area contributed by atoms with Crippen molar-refractivity contribution < 1.29 is 4.79 Å². The highest BCUT2D eigenvalue weighted by molar-refractivity contribution is 7.99. The normalized spacial score (nSPS) is 10.9. The lowest BCUT2D eigenvalue weighted by atomic mass is 10.1. The molecule has 156 valence electrons. The molecule has 0 bridgehead atoms. The molecule has 0 atom stereocenters. The van der Waals surface area contributed by atoms with Crippen molar-refractivity contribution in [2.24, 2.45) is 0 Å². The summed E-state index contributed by atoms with van der Waals surface area (Å²) in [5.74, 6) is 0.429. The molecule has 0 aliphatic carbocycles. The SMILES string of the molecule is CCc1ccc(NC(=O)CSc2nc3ccccc3c(=O)n2-c2ccc(C)cn2)cc1. The van der Waals surface area contributed by atoms with Crippen LogP contribution >= 0.6 is 11.8 Å². The number of amides is 1. The van der Waals surface area contributed by atoms with Crippen LogP contribution in [0.1, 0.15) is 18.1 Å². The summed E-state index contributed by atoms with van der Waals surface area (Å²) in [6.45, 7) is 4.02. The number of aryl methyl sites for hydroxylation is 2. The average molecular weight is 431 g/mol. The molecule has 7 heteroatoms. The van der Waals surface area contributed by atoms with Gasteiger partial charge in [-0.15, -0.1) is 0 Å². The summed E-state index contributed by atoms with van der Waals surface area (Å²) in [7, 11) is 0. The molecule has 2 heterocycles. The quantitative estimate of drug-likeness (QED) is 0.363. The maximum Gasteiger partial charge on any atom is 0.267 e. The van der Waals surface area contributed by atoms with Crippen LogP contribution in [0.2, 0.25) is 0 Å². The predicted octanol–water partition coefficient (Wildman–Crippen LogP) is 4.38. The van der Waals surface area contributed by atoms with E-state index in [2.05, 4.69) is 22.2 Å². The highest BCUT2D eigenvalue weighted by atomic mass is 32.2. The average Bonchev–Trinajstić information content (AvgIpc) is 2.79. The highest BCUT2D eigenvalue weighted by Gasteiger charge is 2.15. The Morgan fingerprint density at radius 3 is 2.55 bits per heavy atom. The molecule has 0 fully saturated rings. The number of rotatable bonds is 6. The Morgan fingerprint density at radius 1 is 1.06 bits per heavy atom. The molecule has 0 spiro atoms. The van der Waals surface area contributed by atoms with Crippen molar-refractivity contribution in [1.29, 1.82) is 0 Å². The summed E-state index contributed by atoms with van der Waals surface area (Å²) < 4.78 is 1.47. The Bertz CT molecular complexity index is 1280. The summed E-state index contributed by atoms with van der Waals surface area (Å²) in [6.07, 6.45) is 2.65. The minimum absolute atomic E-state index is 0.117. The number of aromatic nitrogens is 3. The minimum atomic E-state index is -0.208. The van der Waals surface area contributed by atoms with Crippen LogP contribution in [0.15, 0.2) is 76.8 Å². The third kappa shape index (κ3) is 4.67. The first-order valence-corrected chi connectivity index (χ1v) is 11.0. The third-order valence-corrected chi connectivity index (χ3v) is 5.79. The maximum atomic E-state index is 13.2. The molecule has 0 aliphatic rings. The minimum Gasteiger partial charge on any atom is -0.325 e. The third-order valence-electron chi connectivity index (χ3n) is 4.85. The maximum absolute atomic E-state index is 13.2. The van der Waals surface area contributed by atoms with E-state index in [4.69, 9.17) is 0 Å². The van der Waals surface area contributed by atoms with E-state index in [1.807, 2.05) is 49.4 Å². The standard InChI is InChI=1S/C24H22N4O2S/c1-3-17-9-11-18(12-10-17)26-22(29)15-31-24-27-20-7-5-4-6-19(20)23(30)28(24)21-13-8-16(2)14-25-21/h4-14H,3,15H2,1-2H3,(H,26,29). The van der Waals surface area contributed by atoms with Gasteiger partial charge in [-0.3, -0.25) is 9.59 Å². The number of hydrogen-bond donors (Lipinski definition) is 1. The molecule has 1 N–H and O–H groups in total. The van der Waals surface area contributed by atoms with Gasteiger partial charge in [-0.25, -0.2) is 14.5 Å². The number of fused-ring (bicyclic) bond motifs is 1. The van der Waals surface area contributed by atoms with Gasteiger partial charge in [0.05, 0.1) is 16.7 Å². The Balaban J connectivity index is 1.62. The predicted molar refractivity (Wildman–Crippen MR) is 125 cm³/mol. The van der Waals surface area contributed by atoms with Gasteiger partial charge in [0.25, 0.3) is 5.56 Å². The van der Waals surface area contributed by atoms with Gasteiger partial charge in [0.15, 0.2) is 5.16 Å². The van der Waals surface area contributed by atoms with Gasteiger partial charge in [-0.05, 0) is 54.8 Å². The van der Waals surface area contributed by atoms with E-state index in [1.54, 1.807) is 24.4 Å². The van der Waals surface area contributed by atoms with E-state index in [9.17, 15) is 9.59 Å². The largest absolute Gasteiger partial charge is 0.325 e. The Hall–Kier alpha value is -3.45. The lowest BCUT2D eigenvalue weighted by Crippen LogP contribution is -2.23. The van der Waals surface area contributed by atoms with E-state index in [-0.39, 0.29) is 17.2 Å². The molecular weight excluding hydrogens is 408 g/mol. The van der Waals surface area contributed by atoms with Gasteiger partial charge in [0.1, 0.15) is 5.82 Å². The first kappa shape index (κ1) is 20.8. The van der Waals surface area contributed by atoms with E-state index >= 15 is 0 Å². The fourth-order valence-corrected chi connectivity index (χ4v) is 3.96. The van der Waals surface area contributed by atoms with E-state index in [1.165, 1.54) is 21.9 Å². The summed E-state index contributed by atoms with van der Waals surface area (Å²) >= 11 is 1.21. The molecule has 0 saturated carbocycles. The zero-order chi connectivity index (χ0) is 21.8. The number of carbonyl (C=O) groups is 1. The smallest absolute Gasteiger partial charge is 0.267 e. The van der Waals surface area contributed by atoms with Crippen LogP contribution in [0.4, 0.5) is 5.69 Å². The molecule has 6 nitrogen and oxygen atoms in total. The number of nitrogens with one attached hydrogen (secondary N) is 1. The van der Waals surface area contributed by atoms with Gasteiger partial charge in [0.2, 0.25) is 5.91 Å². The molecule has 0 unspecified atom stereocenters. The van der Waals surface area contributed by atoms with Gasteiger partial charge in [-0.2, -0.15) is 0 Å². The number of para-hydroxylation sites is 1. The Labute approximate surface area is 184 Å². The second kappa shape index (κ2) is 9.14. The first-order chi connectivity index (χ1) is 15.0. The van der Waals surface area contributed by atoms with Gasteiger partial charge >= 0.3 is 0 Å². The van der Waals surface area contributed by atoms with Crippen molar-refractivity contribution in [3.8, 4) is 5.82 Å². The first-order valence-electron chi connectivity index (χ1n) is 10.0. The summed E-state index contributed by atoms with van der Waals surface area (Å²) in [5, 5.41) is 3.83. The highest BCUT2D eigenvalue weighted by Crippen LogP contribution is 2.21. The molecule has 0 aliphatic heterocycles. The number of nitrogens with zero attached hydrogens (tertiary/aromatic N) is 3. The number of thioether (sulfide) groups is 1. The zero-order valence-electron chi connectivity index (χ0n) is 17.3. The molecule has 2 aromatic carbocycles. The molecule has 4 aromatic rings. The van der Waals surface area contributed by atoms with Crippen molar-refractivity contribution in [3.05, 3.63) is 88.3 Å². The fraction of sp³-hybridized carbons (Fsp3) is 0.167. The molecule has 0 radical (unpaired) electrons. The molecule has 4 rings (SSSR count). The lowest BCUT2D eigenvalue weighted by Gasteiger charge is -2.12. The van der Waals surface area contributed by atoms with Gasteiger partial charge in [0, 0.05) is 11.9 Å². The fourth-order valence-electron chi connectivity index (χ4n) is 3.15. The Kier molecular flexibility index (Phi) is 6.13. The number of carbonyl (C=O) groups excluding carboxylic acids is 1. The van der Waals surface area contributed by atoms with Crippen LogP contribution in [0.25, 0.3) is 16.7 Å². The molecule has 31 heavy (non-hydrogen) atoms. The zero-order valence-corrected chi connectivity index (χ0v) is 18.1. The monoisotopic (exact) mass is 430 g/mol. The van der Waals surface area contributed by atoms with E-state index in [0.717, 1.165) is 17.7 Å². The number of hydrogen-bond acceptors (Lipinski definition) is 5. The van der Waals surface area contributed by atoms with Crippen molar-refractivity contribution in [1.82, 2.24) is 14.5 Å². The topological polar surface area (TPSA) is 76.9 Å². The van der Waals surface area contributed by atoms with E-state index < -0.39 is 0 Å². The van der Waals surface area contributed by atoms with Gasteiger partial charge < -0.3 is 5.32 Å². The van der Waals surface area contributed by atoms with Crippen molar-refractivity contribution in [2.45, 2.75) is 25.4 Å². The molecule has 0 saturated heterocycles. The van der Waals surface area contributed by atoms with Crippen molar-refractivity contribution in [3.63, 3.8) is 0 Å². The number of pyridine rings is 1. The Morgan fingerprint density at radius 2 is 1.84 bits per heavy atom. The molecule has 2 aromatic heterocycles. The van der Waals surface area contributed by atoms with Crippen LogP contribution < -0.4 is 10.9 Å². The molecular formula is C24H22N4O2S. The lowest BCUT2D eigenvalue weighted by molar-refractivity contribution is -0.113. The van der Waals surface area contributed by atoms with Crippen molar-refractivity contribution in [2.75, 3.05) is 11.1 Å².